The van der Waals surface area contributed by atoms with E-state index in [1.54, 1.807) is 12.1 Å². The van der Waals surface area contributed by atoms with Gasteiger partial charge in [-0.15, -0.1) is 0 Å². The van der Waals surface area contributed by atoms with E-state index in [0.29, 0.717) is 11.8 Å². The molecule has 19 heavy (non-hydrogen) atoms. The molecule has 0 saturated carbocycles. The van der Waals surface area contributed by atoms with E-state index in [-0.39, 0.29) is 11.4 Å². The summed E-state index contributed by atoms with van der Waals surface area (Å²) in [4.78, 5) is 0. The summed E-state index contributed by atoms with van der Waals surface area (Å²) in [7, 11) is 0. The van der Waals surface area contributed by atoms with Gasteiger partial charge in [-0.2, -0.15) is 0 Å². The van der Waals surface area contributed by atoms with Crippen molar-refractivity contribution in [1.82, 2.24) is 5.32 Å². The average Bonchev–Trinajstić information content (AvgIpc) is 2.27. The van der Waals surface area contributed by atoms with E-state index < -0.39 is 0 Å². The van der Waals surface area contributed by atoms with E-state index in [9.17, 15) is 4.39 Å². The Morgan fingerprint density at radius 2 is 1.68 bits per heavy atom. The lowest BCUT2D eigenvalue weighted by Gasteiger charge is -2.26. The Labute approximate surface area is 117 Å². The molecule has 0 aliphatic carbocycles. The van der Waals surface area contributed by atoms with Gasteiger partial charge in [-0.05, 0) is 69.7 Å². The third kappa shape index (κ3) is 7.31. The largest absolute Gasteiger partial charge is 0.312 e. The first-order valence-electron chi connectivity index (χ1n) is 7.26. The van der Waals surface area contributed by atoms with Gasteiger partial charge in [0.25, 0.3) is 0 Å². The predicted molar refractivity (Wildman–Crippen MR) is 80.8 cm³/mol. The number of nitrogens with one attached hydrogen (secondary N) is 1. The van der Waals surface area contributed by atoms with Gasteiger partial charge in [0.2, 0.25) is 0 Å². The lowest BCUT2D eigenvalue weighted by molar-refractivity contribution is 0.331. The Kier molecular flexibility index (Phi) is 5.99. The zero-order chi connectivity index (χ0) is 14.5. The van der Waals surface area contributed by atoms with Crippen molar-refractivity contribution in [2.75, 3.05) is 6.54 Å². The van der Waals surface area contributed by atoms with Crippen LogP contribution in [0.2, 0.25) is 0 Å². The van der Waals surface area contributed by atoms with Crippen molar-refractivity contribution in [1.29, 1.82) is 0 Å². The zero-order valence-electron chi connectivity index (χ0n) is 13.0. The standard InChI is InChI=1S/C17H28FN/c1-13(2)10-15(12-19-17(3,4)5)11-14-6-8-16(18)9-7-14/h6-9,13,15,19H,10-12H2,1-5H3. The van der Waals surface area contributed by atoms with Crippen LogP contribution in [-0.2, 0) is 6.42 Å². The highest BCUT2D eigenvalue weighted by atomic mass is 19.1. The zero-order valence-corrected chi connectivity index (χ0v) is 13.0. The van der Waals surface area contributed by atoms with Gasteiger partial charge < -0.3 is 5.32 Å². The summed E-state index contributed by atoms with van der Waals surface area (Å²) in [6.07, 6.45) is 2.21. The first-order valence-corrected chi connectivity index (χ1v) is 7.26. The average molecular weight is 265 g/mol. The number of hydrogen-bond donors (Lipinski definition) is 1. The Bertz CT molecular complexity index is 362. The minimum Gasteiger partial charge on any atom is -0.312 e. The van der Waals surface area contributed by atoms with Crippen molar-refractivity contribution < 1.29 is 4.39 Å². The van der Waals surface area contributed by atoms with Crippen molar-refractivity contribution >= 4 is 0 Å². The van der Waals surface area contributed by atoms with E-state index >= 15 is 0 Å². The number of hydrogen-bond acceptors (Lipinski definition) is 1. The molecule has 0 aliphatic heterocycles. The Morgan fingerprint density at radius 3 is 2.16 bits per heavy atom. The van der Waals surface area contributed by atoms with Gasteiger partial charge in [0, 0.05) is 5.54 Å². The van der Waals surface area contributed by atoms with Gasteiger partial charge in [-0.25, -0.2) is 4.39 Å². The van der Waals surface area contributed by atoms with Crippen LogP contribution in [0.5, 0.6) is 0 Å². The highest BCUT2D eigenvalue weighted by molar-refractivity contribution is 5.16. The van der Waals surface area contributed by atoms with Crippen molar-refractivity contribution in [2.45, 2.75) is 53.0 Å². The molecular formula is C17H28FN. The summed E-state index contributed by atoms with van der Waals surface area (Å²) in [5, 5.41) is 3.58. The van der Waals surface area contributed by atoms with Crippen molar-refractivity contribution in [3.8, 4) is 0 Å². The monoisotopic (exact) mass is 265 g/mol. The molecule has 0 aromatic heterocycles. The molecule has 0 heterocycles. The predicted octanol–water partition coefficient (Wildman–Crippen LogP) is 4.42. The van der Waals surface area contributed by atoms with Crippen molar-refractivity contribution in [2.24, 2.45) is 11.8 Å². The van der Waals surface area contributed by atoms with E-state index in [2.05, 4.69) is 39.9 Å². The molecule has 0 aliphatic rings. The second kappa shape index (κ2) is 7.04. The summed E-state index contributed by atoms with van der Waals surface area (Å²) in [5.74, 6) is 1.13. The molecule has 108 valence electrons. The SMILES string of the molecule is CC(C)CC(CNC(C)(C)C)Cc1ccc(F)cc1. The highest BCUT2D eigenvalue weighted by Crippen LogP contribution is 2.18. The molecule has 1 unspecified atom stereocenters. The van der Waals surface area contributed by atoms with Gasteiger partial charge in [0.1, 0.15) is 5.82 Å². The van der Waals surface area contributed by atoms with Crippen LogP contribution < -0.4 is 5.32 Å². The van der Waals surface area contributed by atoms with Crippen molar-refractivity contribution in [3.63, 3.8) is 0 Å². The number of rotatable bonds is 6. The molecule has 0 fully saturated rings. The van der Waals surface area contributed by atoms with E-state index in [1.807, 2.05) is 12.1 Å². The molecule has 0 amide bonds. The van der Waals surface area contributed by atoms with E-state index in [1.165, 1.54) is 12.0 Å². The molecule has 1 aromatic rings. The molecule has 1 rings (SSSR count). The highest BCUT2D eigenvalue weighted by Gasteiger charge is 2.16. The molecule has 0 saturated heterocycles. The third-order valence-corrected chi connectivity index (χ3v) is 3.16. The molecule has 0 spiro atoms. The Hall–Kier alpha value is -0.890. The fraction of sp³-hybridized carbons (Fsp3) is 0.647. The Morgan fingerprint density at radius 1 is 1.11 bits per heavy atom. The van der Waals surface area contributed by atoms with Crippen LogP contribution in [-0.4, -0.2) is 12.1 Å². The second-order valence-electron chi connectivity index (χ2n) is 6.96. The quantitative estimate of drug-likeness (QED) is 0.803. The lowest BCUT2D eigenvalue weighted by atomic mass is 9.90. The van der Waals surface area contributed by atoms with Gasteiger partial charge in [-0.1, -0.05) is 26.0 Å². The van der Waals surface area contributed by atoms with Gasteiger partial charge >= 0.3 is 0 Å². The summed E-state index contributed by atoms with van der Waals surface area (Å²) in [5.41, 5.74) is 1.38. The third-order valence-electron chi connectivity index (χ3n) is 3.16. The minimum atomic E-state index is -0.156. The fourth-order valence-corrected chi connectivity index (χ4v) is 2.31. The molecule has 1 N–H and O–H groups in total. The summed E-state index contributed by atoms with van der Waals surface area (Å²) < 4.78 is 12.9. The van der Waals surface area contributed by atoms with Crippen LogP contribution in [0.3, 0.4) is 0 Å². The summed E-state index contributed by atoms with van der Waals surface area (Å²) >= 11 is 0. The summed E-state index contributed by atoms with van der Waals surface area (Å²) in [6.45, 7) is 12.1. The van der Waals surface area contributed by atoms with Crippen LogP contribution >= 0.6 is 0 Å². The number of benzene rings is 1. The van der Waals surface area contributed by atoms with Crippen LogP contribution in [0.25, 0.3) is 0 Å². The summed E-state index contributed by atoms with van der Waals surface area (Å²) in [6, 6.07) is 6.91. The smallest absolute Gasteiger partial charge is 0.123 e. The first kappa shape index (κ1) is 16.2. The van der Waals surface area contributed by atoms with E-state index in [4.69, 9.17) is 0 Å². The molecule has 1 aromatic carbocycles. The maximum atomic E-state index is 12.9. The number of halogens is 1. The van der Waals surface area contributed by atoms with Crippen LogP contribution in [0.1, 0.15) is 46.6 Å². The van der Waals surface area contributed by atoms with Crippen LogP contribution in [0.4, 0.5) is 4.39 Å². The topological polar surface area (TPSA) is 12.0 Å². The molecule has 2 heteroatoms. The van der Waals surface area contributed by atoms with Gasteiger partial charge in [-0.3, -0.25) is 0 Å². The Balaban J connectivity index is 2.60. The second-order valence-corrected chi connectivity index (χ2v) is 6.96. The molecule has 1 atom stereocenters. The van der Waals surface area contributed by atoms with Gasteiger partial charge in [0.05, 0.1) is 0 Å². The lowest BCUT2D eigenvalue weighted by Crippen LogP contribution is -2.39. The van der Waals surface area contributed by atoms with Crippen LogP contribution in [0.15, 0.2) is 24.3 Å². The molecular weight excluding hydrogens is 237 g/mol. The maximum Gasteiger partial charge on any atom is 0.123 e. The molecule has 1 nitrogen and oxygen atoms in total. The normalized spacial score (nSPS) is 13.8. The molecule has 0 radical (unpaired) electrons. The van der Waals surface area contributed by atoms with Crippen LogP contribution in [0, 0.1) is 17.7 Å². The maximum absolute atomic E-state index is 12.9. The minimum absolute atomic E-state index is 0.151. The fourth-order valence-electron chi connectivity index (χ4n) is 2.31. The van der Waals surface area contributed by atoms with E-state index in [0.717, 1.165) is 13.0 Å². The van der Waals surface area contributed by atoms with Crippen molar-refractivity contribution in [3.05, 3.63) is 35.6 Å². The van der Waals surface area contributed by atoms with Gasteiger partial charge in [0.15, 0.2) is 0 Å². The molecule has 0 bridgehead atoms. The first-order chi connectivity index (χ1) is 8.76.